The van der Waals surface area contributed by atoms with E-state index >= 15 is 0 Å². The van der Waals surface area contributed by atoms with Crippen LogP contribution in [0.15, 0.2) is 27.8 Å². The minimum atomic E-state index is 0.0971. The molecule has 5 atom stereocenters. The first kappa shape index (κ1) is 15.2. The Hall–Kier alpha value is -1.38. The monoisotopic (exact) mass is 313 g/mol. The van der Waals surface area contributed by atoms with Gasteiger partial charge in [0.05, 0.1) is 18.2 Å². The summed E-state index contributed by atoms with van der Waals surface area (Å²) in [6.45, 7) is 6.72. The summed E-state index contributed by atoms with van der Waals surface area (Å²) in [4.78, 5) is 17.4. The van der Waals surface area contributed by atoms with Crippen LogP contribution in [0.3, 0.4) is 0 Å². The molecular weight excluding hydrogens is 286 g/mol. The second kappa shape index (κ2) is 5.32. The largest absolute Gasteiger partial charge is 0.469 e. The molecule has 3 saturated carbocycles. The van der Waals surface area contributed by atoms with Gasteiger partial charge >= 0.3 is 0 Å². The van der Waals surface area contributed by atoms with Crippen molar-refractivity contribution in [1.82, 2.24) is 0 Å². The van der Waals surface area contributed by atoms with Crippen LogP contribution in [0.25, 0.3) is 0 Å². The van der Waals surface area contributed by atoms with Crippen molar-refractivity contribution < 1.29 is 9.21 Å². The van der Waals surface area contributed by atoms with Crippen molar-refractivity contribution in [1.29, 1.82) is 0 Å². The molecule has 3 fully saturated rings. The number of aliphatic imine (C=N–C) groups is 1. The van der Waals surface area contributed by atoms with Gasteiger partial charge in [-0.25, -0.2) is 0 Å². The van der Waals surface area contributed by atoms with E-state index in [2.05, 4.69) is 26.8 Å². The van der Waals surface area contributed by atoms with E-state index in [0.717, 1.165) is 30.7 Å². The van der Waals surface area contributed by atoms with Gasteiger partial charge in [0, 0.05) is 18.6 Å². The van der Waals surface area contributed by atoms with Gasteiger partial charge < -0.3 is 4.42 Å². The number of nitrogens with zero attached hydrogens (tertiary/aromatic N) is 1. The molecule has 1 aromatic heterocycles. The van der Waals surface area contributed by atoms with Crippen molar-refractivity contribution >= 4 is 11.5 Å². The molecule has 0 spiro atoms. The molecule has 124 valence electrons. The molecule has 1 unspecified atom stereocenters. The predicted molar refractivity (Wildman–Crippen MR) is 90.5 cm³/mol. The third-order valence-corrected chi connectivity index (χ3v) is 6.75. The number of carbonyl (C=O) groups is 1. The molecule has 4 rings (SSSR count). The van der Waals surface area contributed by atoms with Gasteiger partial charge in [-0.1, -0.05) is 20.3 Å². The van der Waals surface area contributed by atoms with Crippen molar-refractivity contribution in [3.63, 3.8) is 0 Å². The Morgan fingerprint density at radius 2 is 2.22 bits per heavy atom. The molecule has 23 heavy (non-hydrogen) atoms. The highest BCUT2D eigenvalue weighted by Gasteiger charge is 2.67. The van der Waals surface area contributed by atoms with E-state index < -0.39 is 0 Å². The fourth-order valence-electron chi connectivity index (χ4n) is 5.33. The second-order valence-corrected chi connectivity index (χ2v) is 8.41. The Morgan fingerprint density at radius 3 is 2.91 bits per heavy atom. The SMILES string of the molecule is CC(=N[C@@H]1CCC[C@H]1Cc1ccco1)C1C(=O)C[C@@H]2[C@H]1C2(C)C. The molecule has 3 aliphatic carbocycles. The maximum absolute atomic E-state index is 12.4. The molecular formula is C20H27NO2. The Balaban J connectivity index is 1.49. The van der Waals surface area contributed by atoms with Gasteiger partial charge in [-0.15, -0.1) is 0 Å². The van der Waals surface area contributed by atoms with Crippen LogP contribution in [-0.4, -0.2) is 17.5 Å². The van der Waals surface area contributed by atoms with Crippen LogP contribution in [0, 0.1) is 29.1 Å². The quantitative estimate of drug-likeness (QED) is 0.777. The standard InChI is InChI=1S/C20H27NO2/c1-12(18-17(22)11-15-19(18)20(15,2)3)21-16-8-4-6-13(16)10-14-7-5-9-23-14/h5,7,9,13,15-16,18-19H,4,6,8,10-11H2,1-3H3/t13-,15+,16+,18?,19+/m0/s1. The first-order chi connectivity index (χ1) is 11.0. The molecule has 0 saturated heterocycles. The summed E-state index contributed by atoms with van der Waals surface area (Å²) < 4.78 is 5.51. The maximum atomic E-state index is 12.4. The second-order valence-electron chi connectivity index (χ2n) is 8.41. The molecule has 0 aliphatic heterocycles. The zero-order valence-electron chi connectivity index (χ0n) is 14.4. The van der Waals surface area contributed by atoms with E-state index in [4.69, 9.17) is 9.41 Å². The molecule has 0 N–H and O–H groups in total. The van der Waals surface area contributed by atoms with Crippen LogP contribution >= 0.6 is 0 Å². The number of Topliss-reactive ketones (excluding diaryl/α,β-unsaturated/α-hetero) is 1. The average Bonchev–Trinajstić information content (AvgIpc) is 3.04. The Kier molecular flexibility index (Phi) is 3.51. The highest BCUT2D eigenvalue weighted by atomic mass is 16.3. The van der Waals surface area contributed by atoms with E-state index in [-0.39, 0.29) is 5.92 Å². The molecule has 1 heterocycles. The lowest BCUT2D eigenvalue weighted by atomic mass is 9.88. The van der Waals surface area contributed by atoms with Gasteiger partial charge in [-0.3, -0.25) is 9.79 Å². The van der Waals surface area contributed by atoms with Crippen LogP contribution in [0.2, 0.25) is 0 Å². The van der Waals surface area contributed by atoms with Crippen molar-refractivity contribution in [3.8, 4) is 0 Å². The zero-order valence-corrected chi connectivity index (χ0v) is 14.4. The molecule has 0 amide bonds. The number of hydrogen-bond acceptors (Lipinski definition) is 3. The van der Waals surface area contributed by atoms with E-state index in [1.807, 2.05) is 6.07 Å². The Morgan fingerprint density at radius 1 is 1.39 bits per heavy atom. The summed E-state index contributed by atoms with van der Waals surface area (Å²) in [5.74, 6) is 3.31. The van der Waals surface area contributed by atoms with Crippen LogP contribution in [0.1, 0.15) is 52.2 Å². The van der Waals surface area contributed by atoms with Gasteiger partial charge in [0.2, 0.25) is 0 Å². The zero-order chi connectivity index (χ0) is 16.2. The Labute approximate surface area is 138 Å². The summed E-state index contributed by atoms with van der Waals surface area (Å²) in [6.07, 6.45) is 7.11. The van der Waals surface area contributed by atoms with E-state index in [1.54, 1.807) is 6.26 Å². The summed E-state index contributed by atoms with van der Waals surface area (Å²) in [5.41, 5.74) is 1.45. The first-order valence-corrected chi connectivity index (χ1v) is 9.08. The molecule has 0 bridgehead atoms. The highest BCUT2D eigenvalue weighted by Crippen LogP contribution is 2.68. The lowest BCUT2D eigenvalue weighted by Crippen LogP contribution is -2.26. The van der Waals surface area contributed by atoms with Gasteiger partial charge in [0.15, 0.2) is 0 Å². The van der Waals surface area contributed by atoms with E-state index in [0.29, 0.717) is 35.0 Å². The molecule has 3 aliphatic rings. The molecule has 3 nitrogen and oxygen atoms in total. The van der Waals surface area contributed by atoms with Gasteiger partial charge in [0.25, 0.3) is 0 Å². The third-order valence-electron chi connectivity index (χ3n) is 6.75. The maximum Gasteiger partial charge on any atom is 0.142 e. The van der Waals surface area contributed by atoms with Crippen molar-refractivity contribution in [2.75, 3.05) is 0 Å². The number of rotatable bonds is 4. The summed E-state index contributed by atoms with van der Waals surface area (Å²) >= 11 is 0. The molecule has 0 aromatic carbocycles. The highest BCUT2D eigenvalue weighted by molar-refractivity contribution is 6.07. The fraction of sp³-hybridized carbons (Fsp3) is 0.700. The number of fused-ring (bicyclic) bond motifs is 1. The summed E-state index contributed by atoms with van der Waals surface area (Å²) in [7, 11) is 0. The third kappa shape index (κ3) is 2.49. The van der Waals surface area contributed by atoms with Crippen molar-refractivity contribution in [2.45, 2.75) is 58.9 Å². The molecule has 1 aromatic rings. The fourth-order valence-corrected chi connectivity index (χ4v) is 5.33. The number of ketones is 1. The normalized spacial score (nSPS) is 38.8. The lowest BCUT2D eigenvalue weighted by Gasteiger charge is -2.20. The van der Waals surface area contributed by atoms with Crippen LogP contribution < -0.4 is 0 Å². The van der Waals surface area contributed by atoms with Crippen molar-refractivity contribution in [3.05, 3.63) is 24.2 Å². The Bertz CT molecular complexity index is 628. The number of furan rings is 1. The minimum Gasteiger partial charge on any atom is -0.469 e. The van der Waals surface area contributed by atoms with Gasteiger partial charge in [0.1, 0.15) is 11.5 Å². The van der Waals surface area contributed by atoms with E-state index in [9.17, 15) is 4.79 Å². The van der Waals surface area contributed by atoms with Gasteiger partial charge in [-0.05, 0) is 55.1 Å². The van der Waals surface area contributed by atoms with Gasteiger partial charge in [-0.2, -0.15) is 0 Å². The first-order valence-electron chi connectivity index (χ1n) is 9.08. The van der Waals surface area contributed by atoms with E-state index in [1.165, 1.54) is 12.8 Å². The molecule has 3 heteroatoms. The summed E-state index contributed by atoms with van der Waals surface area (Å²) in [5, 5.41) is 0. The minimum absolute atomic E-state index is 0.0971. The smallest absolute Gasteiger partial charge is 0.142 e. The number of carbonyl (C=O) groups excluding carboxylic acids is 1. The average molecular weight is 313 g/mol. The lowest BCUT2D eigenvalue weighted by molar-refractivity contribution is -0.120. The predicted octanol–water partition coefficient (Wildman–Crippen LogP) is 4.31. The summed E-state index contributed by atoms with van der Waals surface area (Å²) in [6, 6.07) is 4.39. The topological polar surface area (TPSA) is 42.6 Å². The number of hydrogen-bond donors (Lipinski definition) is 0. The molecule has 0 radical (unpaired) electrons. The van der Waals surface area contributed by atoms with Crippen LogP contribution in [-0.2, 0) is 11.2 Å². The van der Waals surface area contributed by atoms with Crippen molar-refractivity contribution in [2.24, 2.45) is 34.1 Å². The van der Waals surface area contributed by atoms with Crippen LogP contribution in [0.4, 0.5) is 0 Å². The van der Waals surface area contributed by atoms with Crippen LogP contribution in [0.5, 0.6) is 0 Å².